The Bertz CT molecular complexity index is 3350. The van der Waals surface area contributed by atoms with E-state index < -0.39 is 0 Å². The highest BCUT2D eigenvalue weighted by atomic mass is 32.1. The summed E-state index contributed by atoms with van der Waals surface area (Å²) in [6.45, 7) is 4.84. The summed E-state index contributed by atoms with van der Waals surface area (Å²) in [5, 5.41) is 15.8. The molecule has 0 fully saturated rings. The fourth-order valence-corrected chi connectivity index (χ4v) is 11.2. The minimum atomic E-state index is -0.163. The van der Waals surface area contributed by atoms with Crippen molar-refractivity contribution in [1.29, 1.82) is 0 Å². The third-order valence-corrected chi connectivity index (χ3v) is 13.7. The maximum atomic E-state index is 2.51. The van der Waals surface area contributed by atoms with Crippen molar-refractivity contribution >= 4 is 85.4 Å². The summed E-state index contributed by atoms with van der Waals surface area (Å²) in [6, 6.07) is 64.0. The van der Waals surface area contributed by atoms with Gasteiger partial charge in [0, 0.05) is 31.2 Å². The lowest BCUT2D eigenvalue weighted by molar-refractivity contribution is 0.661. The average Bonchev–Trinajstić information content (AvgIpc) is 3.71. The van der Waals surface area contributed by atoms with E-state index in [2.05, 4.69) is 184 Å². The minimum Gasteiger partial charge on any atom is -0.135 e. The predicted molar refractivity (Wildman–Crippen MR) is 235 cm³/mol. The van der Waals surface area contributed by atoms with Gasteiger partial charge in [0.2, 0.25) is 0 Å². The Kier molecular flexibility index (Phi) is 6.09. The second-order valence-electron chi connectivity index (χ2n) is 15.5. The van der Waals surface area contributed by atoms with Gasteiger partial charge in [0.05, 0.1) is 0 Å². The summed E-state index contributed by atoms with van der Waals surface area (Å²) < 4.78 is 2.69. The molecule has 1 aliphatic carbocycles. The van der Waals surface area contributed by atoms with E-state index in [1.165, 1.54) is 119 Å². The lowest BCUT2D eigenvalue weighted by Crippen LogP contribution is -2.15. The molecule has 0 N–H and O–H groups in total. The van der Waals surface area contributed by atoms with E-state index in [9.17, 15) is 0 Å². The van der Waals surface area contributed by atoms with Crippen molar-refractivity contribution in [2.24, 2.45) is 0 Å². The molecular formula is C53H34S. The quantitative estimate of drug-likeness (QED) is 0.124. The first-order valence-electron chi connectivity index (χ1n) is 18.9. The molecule has 0 saturated carbocycles. The van der Waals surface area contributed by atoms with Gasteiger partial charge in [0.25, 0.3) is 0 Å². The van der Waals surface area contributed by atoms with E-state index in [-0.39, 0.29) is 5.41 Å². The molecule has 54 heavy (non-hydrogen) atoms. The maximum Gasteiger partial charge on any atom is 0.0434 e. The molecule has 11 aromatic rings. The Morgan fingerprint density at radius 1 is 0.333 bits per heavy atom. The number of hydrogen-bond donors (Lipinski definition) is 0. The predicted octanol–water partition coefficient (Wildman–Crippen LogP) is 15.5. The fourth-order valence-electron chi connectivity index (χ4n) is 9.96. The van der Waals surface area contributed by atoms with Gasteiger partial charge in [-0.25, -0.2) is 0 Å². The molecule has 0 saturated heterocycles. The van der Waals surface area contributed by atoms with E-state index in [0.717, 1.165) is 0 Å². The van der Waals surface area contributed by atoms with Crippen LogP contribution in [-0.2, 0) is 5.41 Å². The number of rotatable bonds is 2. The van der Waals surface area contributed by atoms with E-state index in [0.29, 0.717) is 0 Å². The van der Waals surface area contributed by atoms with Crippen LogP contribution in [0.3, 0.4) is 0 Å². The molecule has 1 heteroatoms. The Balaban J connectivity index is 1.11. The third kappa shape index (κ3) is 3.97. The first-order chi connectivity index (χ1) is 26.6. The van der Waals surface area contributed by atoms with Crippen LogP contribution in [0.15, 0.2) is 170 Å². The summed E-state index contributed by atoms with van der Waals surface area (Å²) in [7, 11) is 0. The second-order valence-corrected chi connectivity index (χ2v) is 16.6. The number of hydrogen-bond acceptors (Lipinski definition) is 1. The number of benzene rings is 10. The van der Waals surface area contributed by atoms with Crippen LogP contribution in [0.25, 0.3) is 107 Å². The largest absolute Gasteiger partial charge is 0.135 e. The van der Waals surface area contributed by atoms with Crippen LogP contribution in [0.2, 0.25) is 0 Å². The van der Waals surface area contributed by atoms with Gasteiger partial charge in [-0.05, 0) is 117 Å². The molecule has 1 aliphatic rings. The van der Waals surface area contributed by atoms with Crippen LogP contribution in [-0.4, -0.2) is 0 Å². The normalized spacial score (nSPS) is 13.5. The highest BCUT2D eigenvalue weighted by Crippen LogP contribution is 2.54. The Morgan fingerprint density at radius 2 is 0.815 bits per heavy atom. The first-order valence-corrected chi connectivity index (χ1v) is 19.7. The van der Waals surface area contributed by atoms with Crippen LogP contribution in [0, 0.1) is 0 Å². The molecule has 0 amide bonds. The van der Waals surface area contributed by atoms with Gasteiger partial charge >= 0.3 is 0 Å². The zero-order chi connectivity index (χ0) is 35.7. The van der Waals surface area contributed by atoms with Crippen LogP contribution >= 0.6 is 11.3 Å². The fraction of sp³-hybridized carbons (Fsp3) is 0.0566. The molecule has 1 heterocycles. The van der Waals surface area contributed by atoms with E-state index in [1.54, 1.807) is 0 Å². The molecule has 0 bridgehead atoms. The van der Waals surface area contributed by atoms with Gasteiger partial charge in [-0.15, -0.1) is 11.3 Å². The lowest BCUT2D eigenvalue weighted by atomic mass is 9.79. The van der Waals surface area contributed by atoms with Gasteiger partial charge in [0.1, 0.15) is 0 Å². The molecular weight excluding hydrogens is 669 g/mol. The van der Waals surface area contributed by atoms with E-state index >= 15 is 0 Å². The standard InChI is InChI=1S/C53H34S/c1-53(2)47-28-31(26-27-36(47)46-29-44-34-16-5-3-14-32(34)33-15-4-6-17-35(33)45(44)30-48(46)53)50-38-19-7-9-21-40(38)51(41-22-10-8-20-39(41)50)43-24-13-23-42-37-18-11-12-25-49(37)54-52(42)43/h3-30H,1-2H3. The molecule has 10 aromatic carbocycles. The second kappa shape index (κ2) is 10.9. The Morgan fingerprint density at radius 3 is 1.44 bits per heavy atom. The Hall–Kier alpha value is -6.28. The van der Waals surface area contributed by atoms with Crippen molar-refractivity contribution in [3.8, 4) is 33.4 Å². The monoisotopic (exact) mass is 702 g/mol. The molecule has 252 valence electrons. The molecule has 0 nitrogen and oxygen atoms in total. The van der Waals surface area contributed by atoms with Crippen molar-refractivity contribution in [1.82, 2.24) is 0 Å². The lowest BCUT2D eigenvalue weighted by Gasteiger charge is -2.23. The summed E-state index contributed by atoms with van der Waals surface area (Å²) in [6.07, 6.45) is 0. The van der Waals surface area contributed by atoms with Gasteiger partial charge in [0.15, 0.2) is 0 Å². The number of fused-ring (bicyclic) bond motifs is 14. The Labute approximate surface area is 317 Å². The van der Waals surface area contributed by atoms with Gasteiger partial charge in [-0.1, -0.05) is 159 Å². The molecule has 1 aromatic heterocycles. The summed E-state index contributed by atoms with van der Waals surface area (Å²) >= 11 is 1.91. The average molecular weight is 703 g/mol. The molecule has 0 unspecified atom stereocenters. The van der Waals surface area contributed by atoms with E-state index in [1.807, 2.05) is 11.3 Å². The molecule has 0 radical (unpaired) electrons. The zero-order valence-corrected chi connectivity index (χ0v) is 30.9. The molecule has 0 aliphatic heterocycles. The summed E-state index contributed by atoms with van der Waals surface area (Å²) in [5.41, 5.74) is 10.6. The smallest absolute Gasteiger partial charge is 0.0434 e. The van der Waals surface area contributed by atoms with Crippen LogP contribution < -0.4 is 0 Å². The van der Waals surface area contributed by atoms with Gasteiger partial charge < -0.3 is 0 Å². The first kappa shape index (κ1) is 30.2. The topological polar surface area (TPSA) is 0 Å². The highest BCUT2D eigenvalue weighted by Gasteiger charge is 2.36. The zero-order valence-electron chi connectivity index (χ0n) is 30.1. The van der Waals surface area contributed by atoms with Crippen LogP contribution in [0.4, 0.5) is 0 Å². The molecule has 0 spiro atoms. The summed E-state index contributed by atoms with van der Waals surface area (Å²) in [5.74, 6) is 0. The summed E-state index contributed by atoms with van der Waals surface area (Å²) in [4.78, 5) is 0. The minimum absolute atomic E-state index is 0.163. The van der Waals surface area contributed by atoms with Crippen molar-refractivity contribution < 1.29 is 0 Å². The van der Waals surface area contributed by atoms with Crippen molar-refractivity contribution in [2.45, 2.75) is 19.3 Å². The molecule has 12 rings (SSSR count). The van der Waals surface area contributed by atoms with E-state index in [4.69, 9.17) is 0 Å². The van der Waals surface area contributed by atoms with Crippen molar-refractivity contribution in [3.63, 3.8) is 0 Å². The number of thiophene rings is 1. The maximum absolute atomic E-state index is 2.51. The van der Waals surface area contributed by atoms with Crippen LogP contribution in [0.1, 0.15) is 25.0 Å². The van der Waals surface area contributed by atoms with Crippen molar-refractivity contribution in [3.05, 3.63) is 181 Å². The molecule has 0 atom stereocenters. The van der Waals surface area contributed by atoms with Gasteiger partial charge in [-0.2, -0.15) is 0 Å². The van der Waals surface area contributed by atoms with Crippen LogP contribution in [0.5, 0.6) is 0 Å². The highest BCUT2D eigenvalue weighted by molar-refractivity contribution is 7.26. The SMILES string of the molecule is CC1(C)c2cc(-c3c4ccccc4c(-c4cccc5c4sc4ccccc45)c4ccccc34)ccc2-c2cc3c4ccccc4c4ccccc4c3cc21. The third-order valence-electron chi connectivity index (χ3n) is 12.4. The van der Waals surface area contributed by atoms with Crippen molar-refractivity contribution in [2.75, 3.05) is 0 Å². The van der Waals surface area contributed by atoms with Gasteiger partial charge in [-0.3, -0.25) is 0 Å².